The van der Waals surface area contributed by atoms with Crippen molar-refractivity contribution >= 4 is 17.6 Å². The van der Waals surface area contributed by atoms with Gasteiger partial charge < -0.3 is 20.3 Å². The Morgan fingerprint density at radius 2 is 1.92 bits per heavy atom. The van der Waals surface area contributed by atoms with Crippen molar-refractivity contribution in [1.29, 1.82) is 0 Å². The Kier molecular flexibility index (Phi) is 6.79. The van der Waals surface area contributed by atoms with Crippen LogP contribution in [0.5, 0.6) is 0 Å². The minimum atomic E-state index is -0.0392. The Morgan fingerprint density at radius 1 is 1.27 bits per heavy atom. The Bertz CT molecular complexity index is 592. The summed E-state index contributed by atoms with van der Waals surface area (Å²) in [5, 5.41) is 7.79. The van der Waals surface area contributed by atoms with E-state index in [1.165, 1.54) is 32.1 Å². The molecule has 5 nitrogen and oxygen atoms in total. The first-order valence-electron chi connectivity index (χ1n) is 9.58. The third-order valence-electron chi connectivity index (χ3n) is 5.89. The number of rotatable bonds is 5. The monoisotopic (exact) mass is 378 g/mol. The molecule has 3 rings (SSSR count). The summed E-state index contributed by atoms with van der Waals surface area (Å²) in [6.07, 6.45) is 6.36. The number of halogens is 1. The minimum absolute atomic E-state index is 0.0392. The lowest BCUT2D eigenvalue weighted by Gasteiger charge is -2.47. The molecule has 3 unspecified atom stereocenters. The first kappa shape index (κ1) is 19.5. The smallest absolute Gasteiger partial charge is 0.191 e. The summed E-state index contributed by atoms with van der Waals surface area (Å²) in [6, 6.07) is 9.71. The normalized spacial score (nSPS) is 27.8. The van der Waals surface area contributed by atoms with Crippen LogP contribution in [0.4, 0.5) is 0 Å². The molecule has 0 amide bonds. The number of nitrogens with one attached hydrogen (secondary N) is 2. The van der Waals surface area contributed by atoms with Gasteiger partial charge in [0.2, 0.25) is 0 Å². The topological polar surface area (TPSA) is 48.9 Å². The van der Waals surface area contributed by atoms with E-state index < -0.39 is 0 Å². The molecule has 2 saturated heterocycles. The molecule has 0 aromatic heterocycles. The Labute approximate surface area is 162 Å². The van der Waals surface area contributed by atoms with E-state index in [0.717, 1.165) is 16.5 Å². The highest BCUT2D eigenvalue weighted by Crippen LogP contribution is 2.32. The second-order valence-electron chi connectivity index (χ2n) is 7.45. The van der Waals surface area contributed by atoms with Crippen molar-refractivity contribution in [1.82, 2.24) is 15.5 Å². The van der Waals surface area contributed by atoms with E-state index >= 15 is 0 Å². The van der Waals surface area contributed by atoms with Gasteiger partial charge in [0.05, 0.1) is 6.10 Å². The van der Waals surface area contributed by atoms with E-state index in [1.54, 1.807) is 7.11 Å². The highest BCUT2D eigenvalue weighted by atomic mass is 35.5. The van der Waals surface area contributed by atoms with Gasteiger partial charge in [-0.25, -0.2) is 0 Å². The predicted molar refractivity (Wildman–Crippen MR) is 108 cm³/mol. The maximum Gasteiger partial charge on any atom is 0.191 e. The van der Waals surface area contributed by atoms with Crippen LogP contribution < -0.4 is 10.6 Å². The van der Waals surface area contributed by atoms with Crippen LogP contribution in [0.25, 0.3) is 0 Å². The molecule has 144 valence electrons. The van der Waals surface area contributed by atoms with Gasteiger partial charge in [-0.1, -0.05) is 30.2 Å². The van der Waals surface area contributed by atoms with Crippen molar-refractivity contribution < 1.29 is 4.74 Å². The third-order valence-corrected chi connectivity index (χ3v) is 6.14. The molecule has 2 aliphatic rings. The Balaban J connectivity index is 1.53. The zero-order valence-electron chi connectivity index (χ0n) is 16.0. The fraction of sp³-hybridized carbons (Fsp3) is 0.650. The Hall–Kier alpha value is -1.30. The molecule has 26 heavy (non-hydrogen) atoms. The first-order valence-corrected chi connectivity index (χ1v) is 9.96. The molecular weight excluding hydrogens is 348 g/mol. The average molecular weight is 379 g/mol. The molecule has 2 bridgehead atoms. The van der Waals surface area contributed by atoms with Crippen LogP contribution in [0.15, 0.2) is 29.3 Å². The van der Waals surface area contributed by atoms with E-state index in [4.69, 9.17) is 16.3 Å². The van der Waals surface area contributed by atoms with Gasteiger partial charge in [-0.05, 0) is 50.4 Å². The largest absolute Gasteiger partial charge is 0.375 e. The summed E-state index contributed by atoms with van der Waals surface area (Å²) < 4.78 is 5.64. The molecule has 6 heteroatoms. The summed E-state index contributed by atoms with van der Waals surface area (Å²) in [5.41, 5.74) is 1.11. The van der Waals surface area contributed by atoms with Gasteiger partial charge in [0, 0.05) is 43.9 Å². The lowest BCUT2D eigenvalue weighted by Crippen LogP contribution is -2.56. The summed E-state index contributed by atoms with van der Waals surface area (Å²) >= 11 is 5.98. The van der Waals surface area contributed by atoms with Gasteiger partial charge in [0.15, 0.2) is 5.96 Å². The van der Waals surface area contributed by atoms with Gasteiger partial charge >= 0.3 is 0 Å². The number of hydrogen-bond acceptors (Lipinski definition) is 3. The van der Waals surface area contributed by atoms with Crippen molar-refractivity contribution in [2.75, 3.05) is 27.7 Å². The zero-order valence-corrected chi connectivity index (χ0v) is 16.8. The summed E-state index contributed by atoms with van der Waals surface area (Å²) in [7, 11) is 5.84. The Morgan fingerprint density at radius 3 is 2.50 bits per heavy atom. The summed E-state index contributed by atoms with van der Waals surface area (Å²) in [4.78, 5) is 7.00. The van der Waals surface area contributed by atoms with E-state index in [-0.39, 0.29) is 6.10 Å². The molecular formula is C20H31ClN4O. The standard InChI is InChI=1S/C20H31ClN4O/c1-22-20(23-13-19(26-3)14-7-9-15(21)10-8-14)24-16-11-17-5-4-6-18(12-16)25(17)2/h7-10,16-19H,4-6,11-13H2,1-3H3,(H2,22,23,24). The average Bonchev–Trinajstić information content (AvgIpc) is 2.63. The van der Waals surface area contributed by atoms with Gasteiger partial charge in [0.25, 0.3) is 0 Å². The van der Waals surface area contributed by atoms with Crippen LogP contribution in [0.2, 0.25) is 5.02 Å². The summed E-state index contributed by atoms with van der Waals surface area (Å²) in [6.45, 7) is 0.664. The van der Waals surface area contributed by atoms with Crippen LogP contribution in [0, 0.1) is 0 Å². The number of methoxy groups -OCH3 is 1. The van der Waals surface area contributed by atoms with Crippen LogP contribution in [-0.2, 0) is 4.74 Å². The van der Waals surface area contributed by atoms with E-state index in [1.807, 2.05) is 31.3 Å². The van der Waals surface area contributed by atoms with E-state index in [9.17, 15) is 0 Å². The molecule has 0 spiro atoms. The fourth-order valence-electron chi connectivity index (χ4n) is 4.33. The summed E-state index contributed by atoms with van der Waals surface area (Å²) in [5.74, 6) is 0.855. The van der Waals surface area contributed by atoms with Gasteiger partial charge in [-0.3, -0.25) is 4.99 Å². The number of fused-ring (bicyclic) bond motifs is 2. The lowest BCUT2D eigenvalue weighted by atomic mass is 9.82. The van der Waals surface area contributed by atoms with E-state index in [2.05, 4.69) is 27.6 Å². The van der Waals surface area contributed by atoms with Crippen LogP contribution >= 0.6 is 11.6 Å². The van der Waals surface area contributed by atoms with Crippen LogP contribution in [-0.4, -0.2) is 56.7 Å². The lowest BCUT2D eigenvalue weighted by molar-refractivity contribution is 0.0525. The van der Waals surface area contributed by atoms with Crippen molar-refractivity contribution in [2.24, 2.45) is 4.99 Å². The third kappa shape index (κ3) is 4.70. The predicted octanol–water partition coefficient (Wildman–Crippen LogP) is 3.21. The van der Waals surface area contributed by atoms with Crippen molar-refractivity contribution in [2.45, 2.75) is 56.3 Å². The molecule has 1 aromatic rings. The SMILES string of the molecule is CN=C(NCC(OC)c1ccc(Cl)cc1)NC1CC2CCCC(C1)N2C. The maximum absolute atomic E-state index is 5.98. The highest BCUT2D eigenvalue weighted by Gasteiger charge is 2.36. The second kappa shape index (κ2) is 9.07. The number of hydrogen-bond donors (Lipinski definition) is 2. The van der Waals surface area contributed by atoms with Crippen molar-refractivity contribution in [3.8, 4) is 0 Å². The van der Waals surface area contributed by atoms with Crippen LogP contribution in [0.3, 0.4) is 0 Å². The molecule has 2 heterocycles. The molecule has 1 aromatic carbocycles. The quantitative estimate of drug-likeness (QED) is 0.610. The first-order chi connectivity index (χ1) is 12.6. The number of aliphatic imine (C=N–C) groups is 1. The second-order valence-corrected chi connectivity index (χ2v) is 7.88. The molecule has 2 aliphatic heterocycles. The van der Waals surface area contributed by atoms with Crippen molar-refractivity contribution in [3.05, 3.63) is 34.9 Å². The number of ether oxygens (including phenoxy) is 1. The molecule has 2 fully saturated rings. The van der Waals surface area contributed by atoms with Crippen molar-refractivity contribution in [3.63, 3.8) is 0 Å². The highest BCUT2D eigenvalue weighted by molar-refractivity contribution is 6.30. The van der Waals surface area contributed by atoms with Crippen LogP contribution in [0.1, 0.15) is 43.8 Å². The van der Waals surface area contributed by atoms with Gasteiger partial charge in [-0.15, -0.1) is 0 Å². The molecule has 3 atom stereocenters. The number of piperidine rings is 2. The zero-order chi connectivity index (χ0) is 18.5. The molecule has 2 N–H and O–H groups in total. The molecule has 0 aliphatic carbocycles. The number of nitrogens with zero attached hydrogens (tertiary/aromatic N) is 2. The maximum atomic E-state index is 5.98. The molecule has 0 radical (unpaired) electrons. The fourth-order valence-corrected chi connectivity index (χ4v) is 4.45. The van der Waals surface area contributed by atoms with E-state index in [0.29, 0.717) is 24.7 Å². The van der Waals surface area contributed by atoms with Gasteiger partial charge in [-0.2, -0.15) is 0 Å². The number of guanidine groups is 1. The van der Waals surface area contributed by atoms with Gasteiger partial charge in [0.1, 0.15) is 0 Å². The minimum Gasteiger partial charge on any atom is -0.375 e. The number of benzene rings is 1. The molecule has 0 saturated carbocycles.